The van der Waals surface area contributed by atoms with E-state index in [9.17, 15) is 4.79 Å². The zero-order chi connectivity index (χ0) is 12.3. The molecular formula is C12H17ClN2O3. The molecule has 1 atom stereocenters. The van der Waals surface area contributed by atoms with Crippen molar-refractivity contribution in [2.24, 2.45) is 5.73 Å². The molecule has 18 heavy (non-hydrogen) atoms. The molecule has 1 unspecified atom stereocenters. The van der Waals surface area contributed by atoms with Gasteiger partial charge in [0.25, 0.3) is 0 Å². The number of hydrogen-bond donors (Lipinski definition) is 2. The van der Waals surface area contributed by atoms with Gasteiger partial charge in [-0.2, -0.15) is 0 Å². The number of nitrogens with one attached hydrogen (secondary N) is 1. The smallest absolute Gasteiger partial charge is 0.231 e. The highest BCUT2D eigenvalue weighted by Gasteiger charge is 2.17. The maximum atomic E-state index is 11.5. The van der Waals surface area contributed by atoms with Crippen molar-refractivity contribution in [1.82, 2.24) is 5.32 Å². The van der Waals surface area contributed by atoms with E-state index in [-0.39, 0.29) is 31.1 Å². The summed E-state index contributed by atoms with van der Waals surface area (Å²) in [5.41, 5.74) is 6.46. The second kappa shape index (κ2) is 6.47. The quantitative estimate of drug-likeness (QED) is 0.864. The van der Waals surface area contributed by atoms with Crippen molar-refractivity contribution in [3.05, 3.63) is 23.8 Å². The lowest BCUT2D eigenvalue weighted by Crippen LogP contribution is -2.29. The molecule has 0 aromatic heterocycles. The molecule has 1 heterocycles. The van der Waals surface area contributed by atoms with Crippen LogP contribution in [0, 0.1) is 0 Å². The maximum Gasteiger partial charge on any atom is 0.231 e. The topological polar surface area (TPSA) is 73.6 Å². The van der Waals surface area contributed by atoms with Crippen LogP contribution in [0.2, 0.25) is 0 Å². The zero-order valence-electron chi connectivity index (χ0n) is 10.1. The van der Waals surface area contributed by atoms with E-state index in [0.29, 0.717) is 18.7 Å². The van der Waals surface area contributed by atoms with Crippen LogP contribution in [-0.4, -0.2) is 18.7 Å². The van der Waals surface area contributed by atoms with Gasteiger partial charge in [0.05, 0.1) is 0 Å². The minimum atomic E-state index is -0.129. The van der Waals surface area contributed by atoms with Crippen LogP contribution in [0.4, 0.5) is 0 Å². The molecule has 0 saturated carbocycles. The van der Waals surface area contributed by atoms with Gasteiger partial charge in [0, 0.05) is 24.6 Å². The summed E-state index contributed by atoms with van der Waals surface area (Å²) in [5.74, 6) is 1.38. The summed E-state index contributed by atoms with van der Waals surface area (Å²) < 4.78 is 10.6. The fraction of sp³-hybridized carbons (Fsp3) is 0.417. The van der Waals surface area contributed by atoms with Crippen molar-refractivity contribution in [3.63, 3.8) is 0 Å². The van der Waals surface area contributed by atoms with Gasteiger partial charge in [-0.05, 0) is 13.0 Å². The summed E-state index contributed by atoms with van der Waals surface area (Å²) in [6.45, 7) is 2.47. The van der Waals surface area contributed by atoms with Gasteiger partial charge in [0.15, 0.2) is 11.5 Å². The Kier molecular flexibility index (Phi) is 5.25. The number of benzene rings is 1. The molecule has 1 amide bonds. The Hall–Kier alpha value is -1.46. The van der Waals surface area contributed by atoms with Crippen molar-refractivity contribution < 1.29 is 14.3 Å². The van der Waals surface area contributed by atoms with Crippen LogP contribution >= 0.6 is 12.4 Å². The molecule has 5 nitrogen and oxygen atoms in total. The average molecular weight is 273 g/mol. The summed E-state index contributed by atoms with van der Waals surface area (Å²) in [7, 11) is 0. The van der Waals surface area contributed by atoms with E-state index < -0.39 is 0 Å². The number of para-hydroxylation sites is 1. The summed E-state index contributed by atoms with van der Waals surface area (Å²) >= 11 is 0. The zero-order valence-corrected chi connectivity index (χ0v) is 11.0. The molecule has 1 aliphatic heterocycles. The number of hydrogen-bond acceptors (Lipinski definition) is 4. The second-order valence-corrected chi connectivity index (χ2v) is 4.11. The van der Waals surface area contributed by atoms with E-state index in [1.165, 1.54) is 0 Å². The molecule has 1 aromatic carbocycles. The molecular weight excluding hydrogens is 256 g/mol. The van der Waals surface area contributed by atoms with Crippen LogP contribution in [0.5, 0.6) is 11.5 Å². The largest absolute Gasteiger partial charge is 0.454 e. The van der Waals surface area contributed by atoms with E-state index in [1.807, 2.05) is 18.2 Å². The van der Waals surface area contributed by atoms with Crippen molar-refractivity contribution in [2.75, 3.05) is 6.79 Å². The van der Waals surface area contributed by atoms with E-state index in [4.69, 9.17) is 15.2 Å². The van der Waals surface area contributed by atoms with Crippen molar-refractivity contribution >= 4 is 18.3 Å². The molecule has 0 aliphatic carbocycles. The highest BCUT2D eigenvalue weighted by molar-refractivity contribution is 5.85. The first-order valence-corrected chi connectivity index (χ1v) is 5.56. The van der Waals surface area contributed by atoms with E-state index in [1.54, 1.807) is 6.92 Å². The normalized spacial score (nSPS) is 13.7. The Labute approximate surface area is 112 Å². The minimum Gasteiger partial charge on any atom is -0.454 e. The Morgan fingerprint density at radius 1 is 1.50 bits per heavy atom. The Morgan fingerprint density at radius 3 is 3.00 bits per heavy atom. The number of nitrogens with two attached hydrogens (primary N) is 1. The lowest BCUT2D eigenvalue weighted by atomic mass is 10.1. The minimum absolute atomic E-state index is 0. The predicted molar refractivity (Wildman–Crippen MR) is 69.9 cm³/mol. The number of carbonyl (C=O) groups is 1. The highest BCUT2D eigenvalue weighted by Crippen LogP contribution is 2.35. The predicted octanol–water partition coefficient (Wildman–Crippen LogP) is 1.19. The van der Waals surface area contributed by atoms with Gasteiger partial charge in [-0.1, -0.05) is 12.1 Å². The Balaban J connectivity index is 0.00000162. The molecule has 0 saturated heterocycles. The lowest BCUT2D eigenvalue weighted by molar-refractivity contribution is -0.121. The molecule has 0 spiro atoms. The molecule has 1 aliphatic rings. The third-order valence-corrected chi connectivity index (χ3v) is 2.46. The number of ether oxygens (including phenoxy) is 2. The third-order valence-electron chi connectivity index (χ3n) is 2.46. The lowest BCUT2D eigenvalue weighted by Gasteiger charge is -2.09. The first-order valence-electron chi connectivity index (χ1n) is 5.56. The SMILES string of the molecule is CC(N)CC(=O)NCc1cccc2c1OCO2.Cl. The van der Waals surface area contributed by atoms with Gasteiger partial charge in [0.1, 0.15) is 0 Å². The van der Waals surface area contributed by atoms with Gasteiger partial charge < -0.3 is 20.5 Å². The van der Waals surface area contributed by atoms with Crippen LogP contribution in [0.15, 0.2) is 18.2 Å². The Bertz CT molecular complexity index is 424. The Morgan fingerprint density at radius 2 is 2.28 bits per heavy atom. The van der Waals surface area contributed by atoms with Gasteiger partial charge in [-0.3, -0.25) is 4.79 Å². The first-order chi connectivity index (χ1) is 8.16. The fourth-order valence-electron chi connectivity index (χ4n) is 1.69. The van der Waals surface area contributed by atoms with Crippen LogP contribution in [-0.2, 0) is 11.3 Å². The number of amides is 1. The number of carbonyl (C=O) groups excluding carboxylic acids is 1. The summed E-state index contributed by atoms with van der Waals surface area (Å²) in [6.07, 6.45) is 0.326. The molecule has 0 bridgehead atoms. The highest BCUT2D eigenvalue weighted by atomic mass is 35.5. The summed E-state index contributed by atoms with van der Waals surface area (Å²) in [4.78, 5) is 11.5. The first kappa shape index (κ1) is 14.6. The molecule has 3 N–H and O–H groups in total. The number of fused-ring (bicyclic) bond motifs is 1. The van der Waals surface area contributed by atoms with Crippen molar-refractivity contribution in [3.8, 4) is 11.5 Å². The standard InChI is InChI=1S/C12H16N2O3.ClH/c1-8(13)5-11(15)14-6-9-3-2-4-10-12(9)17-7-16-10;/h2-4,8H,5-7,13H2,1H3,(H,14,15);1H. The monoisotopic (exact) mass is 272 g/mol. The summed E-state index contributed by atoms with van der Waals surface area (Å²) in [6, 6.07) is 5.49. The van der Waals surface area contributed by atoms with Crippen LogP contribution in [0.3, 0.4) is 0 Å². The van der Waals surface area contributed by atoms with Gasteiger partial charge in [-0.25, -0.2) is 0 Å². The van der Waals surface area contributed by atoms with Crippen LogP contribution < -0.4 is 20.5 Å². The van der Waals surface area contributed by atoms with E-state index in [0.717, 1.165) is 11.3 Å². The van der Waals surface area contributed by atoms with E-state index in [2.05, 4.69) is 5.32 Å². The van der Waals surface area contributed by atoms with Crippen LogP contribution in [0.1, 0.15) is 18.9 Å². The molecule has 1 aromatic rings. The van der Waals surface area contributed by atoms with E-state index >= 15 is 0 Å². The van der Waals surface area contributed by atoms with Crippen molar-refractivity contribution in [2.45, 2.75) is 25.9 Å². The van der Waals surface area contributed by atoms with Gasteiger partial charge in [-0.15, -0.1) is 12.4 Å². The van der Waals surface area contributed by atoms with Crippen LogP contribution in [0.25, 0.3) is 0 Å². The molecule has 6 heteroatoms. The average Bonchev–Trinajstić information content (AvgIpc) is 2.73. The number of halogens is 1. The molecule has 0 radical (unpaired) electrons. The van der Waals surface area contributed by atoms with Crippen molar-refractivity contribution in [1.29, 1.82) is 0 Å². The molecule has 100 valence electrons. The maximum absolute atomic E-state index is 11.5. The second-order valence-electron chi connectivity index (χ2n) is 4.11. The number of rotatable bonds is 4. The molecule has 2 rings (SSSR count). The fourth-order valence-corrected chi connectivity index (χ4v) is 1.69. The molecule has 0 fully saturated rings. The van der Waals surface area contributed by atoms with Gasteiger partial charge >= 0.3 is 0 Å². The summed E-state index contributed by atoms with van der Waals surface area (Å²) in [5, 5.41) is 2.81. The third kappa shape index (κ3) is 3.51. The van der Waals surface area contributed by atoms with Gasteiger partial charge in [0.2, 0.25) is 12.7 Å².